The van der Waals surface area contributed by atoms with Gasteiger partial charge in [-0.05, 0) is 31.5 Å². The average molecular weight is 302 g/mol. The number of urea groups is 1. The summed E-state index contributed by atoms with van der Waals surface area (Å²) in [6.45, 7) is 4.19. The summed E-state index contributed by atoms with van der Waals surface area (Å²) in [5, 5.41) is 13.3. The number of carbonyl (C=O) groups is 1. The van der Waals surface area contributed by atoms with E-state index >= 15 is 0 Å². The van der Waals surface area contributed by atoms with Gasteiger partial charge in [0.1, 0.15) is 0 Å². The summed E-state index contributed by atoms with van der Waals surface area (Å²) < 4.78 is 5.15. The van der Waals surface area contributed by atoms with Crippen molar-refractivity contribution >= 4 is 11.7 Å². The summed E-state index contributed by atoms with van der Waals surface area (Å²) in [6, 6.07) is 7.26. The number of amides is 2. The predicted molar refractivity (Wildman–Crippen MR) is 85.5 cm³/mol. The van der Waals surface area contributed by atoms with E-state index in [1.165, 1.54) is 19.2 Å². The van der Waals surface area contributed by atoms with Gasteiger partial charge < -0.3 is 15.1 Å². The first kappa shape index (κ1) is 16.0. The monoisotopic (exact) mass is 302 g/mol. The molecular formula is C16H22N4O2. The smallest absolute Gasteiger partial charge is 0.319 e. The van der Waals surface area contributed by atoms with Crippen LogP contribution in [0, 0.1) is 0 Å². The molecule has 0 fully saturated rings. The highest BCUT2D eigenvalue weighted by Gasteiger charge is 2.09. The molecule has 0 saturated heterocycles. The van der Waals surface area contributed by atoms with E-state index in [1.807, 2.05) is 25.1 Å². The molecule has 1 heterocycles. The van der Waals surface area contributed by atoms with Crippen molar-refractivity contribution < 1.29 is 9.21 Å². The van der Waals surface area contributed by atoms with Crippen LogP contribution in [0.5, 0.6) is 0 Å². The van der Waals surface area contributed by atoms with Gasteiger partial charge in [0.15, 0.2) is 0 Å². The van der Waals surface area contributed by atoms with Crippen molar-refractivity contribution in [2.24, 2.45) is 0 Å². The summed E-state index contributed by atoms with van der Waals surface area (Å²) in [5.74, 6) is 0.428. The summed E-state index contributed by atoms with van der Waals surface area (Å²) in [7, 11) is 0. The number of rotatable bonds is 7. The first-order valence-electron chi connectivity index (χ1n) is 7.63. The van der Waals surface area contributed by atoms with E-state index in [-0.39, 0.29) is 12.1 Å². The lowest BCUT2D eigenvalue weighted by molar-refractivity contribution is 0.248. The standard InChI is InChI=1S/C16H22N4O2/c1-3-4-5-7-12(2)18-16(21)19-14-9-6-8-13(10-14)15-20-17-11-22-15/h6,8-12H,3-5,7H2,1-2H3,(H2,18,19,21)/t12-/m0/s1. The summed E-state index contributed by atoms with van der Waals surface area (Å²) in [6.07, 6.45) is 5.77. The second kappa shape index (κ2) is 8.17. The Kier molecular flexibility index (Phi) is 5.94. The van der Waals surface area contributed by atoms with E-state index in [1.54, 1.807) is 6.07 Å². The Morgan fingerprint density at radius 1 is 1.36 bits per heavy atom. The van der Waals surface area contributed by atoms with E-state index in [0.717, 1.165) is 18.4 Å². The van der Waals surface area contributed by atoms with Gasteiger partial charge in [0.2, 0.25) is 12.3 Å². The van der Waals surface area contributed by atoms with Crippen LogP contribution in [0.4, 0.5) is 10.5 Å². The van der Waals surface area contributed by atoms with E-state index < -0.39 is 0 Å². The maximum absolute atomic E-state index is 12.0. The van der Waals surface area contributed by atoms with Crippen molar-refractivity contribution in [2.45, 2.75) is 45.6 Å². The Hall–Kier alpha value is -2.37. The number of aromatic nitrogens is 2. The molecule has 0 aliphatic carbocycles. The highest BCUT2D eigenvalue weighted by Crippen LogP contribution is 2.20. The van der Waals surface area contributed by atoms with Gasteiger partial charge in [0.25, 0.3) is 0 Å². The van der Waals surface area contributed by atoms with E-state index in [4.69, 9.17) is 4.42 Å². The minimum atomic E-state index is -0.202. The van der Waals surface area contributed by atoms with Crippen LogP contribution in [0.3, 0.4) is 0 Å². The highest BCUT2D eigenvalue weighted by atomic mass is 16.4. The van der Waals surface area contributed by atoms with E-state index in [2.05, 4.69) is 27.8 Å². The van der Waals surface area contributed by atoms with Gasteiger partial charge in [-0.15, -0.1) is 10.2 Å². The number of carbonyl (C=O) groups excluding carboxylic acids is 1. The van der Waals surface area contributed by atoms with Gasteiger partial charge >= 0.3 is 6.03 Å². The third-order valence-corrected chi connectivity index (χ3v) is 3.35. The van der Waals surface area contributed by atoms with Crippen LogP contribution in [-0.2, 0) is 0 Å². The van der Waals surface area contributed by atoms with Crippen LogP contribution < -0.4 is 10.6 Å². The molecule has 2 rings (SSSR count). The average Bonchev–Trinajstić information content (AvgIpc) is 3.02. The lowest BCUT2D eigenvalue weighted by Crippen LogP contribution is -2.36. The van der Waals surface area contributed by atoms with Crippen molar-refractivity contribution in [3.05, 3.63) is 30.7 Å². The zero-order valence-electron chi connectivity index (χ0n) is 13.0. The molecule has 2 N–H and O–H groups in total. The minimum Gasteiger partial charge on any atom is -0.423 e. The predicted octanol–water partition coefficient (Wildman–Crippen LogP) is 3.83. The van der Waals surface area contributed by atoms with Crippen molar-refractivity contribution in [1.82, 2.24) is 15.5 Å². The lowest BCUT2D eigenvalue weighted by Gasteiger charge is -2.14. The number of hydrogen-bond donors (Lipinski definition) is 2. The van der Waals surface area contributed by atoms with Crippen LogP contribution >= 0.6 is 0 Å². The molecule has 0 aliphatic heterocycles. The fourth-order valence-electron chi connectivity index (χ4n) is 2.19. The molecule has 2 amide bonds. The van der Waals surface area contributed by atoms with Gasteiger partial charge in [-0.25, -0.2) is 4.79 Å². The second-order valence-electron chi connectivity index (χ2n) is 5.32. The molecule has 0 radical (unpaired) electrons. The van der Waals surface area contributed by atoms with Crippen molar-refractivity contribution in [3.63, 3.8) is 0 Å². The molecule has 2 aromatic rings. The number of benzene rings is 1. The van der Waals surface area contributed by atoms with Crippen LogP contribution in [0.25, 0.3) is 11.5 Å². The Labute approximate surface area is 130 Å². The fraction of sp³-hybridized carbons (Fsp3) is 0.438. The fourth-order valence-corrected chi connectivity index (χ4v) is 2.19. The van der Waals surface area contributed by atoms with Crippen molar-refractivity contribution in [1.29, 1.82) is 0 Å². The van der Waals surface area contributed by atoms with E-state index in [9.17, 15) is 4.79 Å². The normalized spacial score (nSPS) is 11.9. The summed E-state index contributed by atoms with van der Waals surface area (Å²) >= 11 is 0. The first-order chi connectivity index (χ1) is 10.7. The zero-order valence-corrected chi connectivity index (χ0v) is 13.0. The highest BCUT2D eigenvalue weighted by molar-refractivity contribution is 5.90. The lowest BCUT2D eigenvalue weighted by atomic mass is 10.1. The number of nitrogens with zero attached hydrogens (tertiary/aromatic N) is 2. The van der Waals surface area contributed by atoms with Crippen molar-refractivity contribution in [2.75, 3.05) is 5.32 Å². The van der Waals surface area contributed by atoms with Gasteiger partial charge in [-0.1, -0.05) is 32.3 Å². The van der Waals surface area contributed by atoms with Crippen molar-refractivity contribution in [3.8, 4) is 11.5 Å². The molecule has 1 atom stereocenters. The Morgan fingerprint density at radius 2 is 2.23 bits per heavy atom. The Bertz CT molecular complexity index is 584. The minimum absolute atomic E-state index is 0.158. The van der Waals surface area contributed by atoms with Crippen LogP contribution in [0.15, 0.2) is 35.1 Å². The van der Waals surface area contributed by atoms with Gasteiger partial charge in [0, 0.05) is 17.3 Å². The molecule has 0 unspecified atom stereocenters. The summed E-state index contributed by atoms with van der Waals surface area (Å²) in [5.41, 5.74) is 1.46. The van der Waals surface area contributed by atoms with Gasteiger partial charge in [0.05, 0.1) is 0 Å². The molecule has 0 aliphatic rings. The van der Waals surface area contributed by atoms with Crippen LogP contribution in [0.2, 0.25) is 0 Å². The second-order valence-corrected chi connectivity index (χ2v) is 5.32. The molecule has 0 spiro atoms. The summed E-state index contributed by atoms with van der Waals surface area (Å²) in [4.78, 5) is 12.0. The maximum atomic E-state index is 12.0. The third-order valence-electron chi connectivity index (χ3n) is 3.35. The van der Waals surface area contributed by atoms with Crippen LogP contribution in [0.1, 0.15) is 39.5 Å². The van der Waals surface area contributed by atoms with Gasteiger partial charge in [-0.3, -0.25) is 0 Å². The topological polar surface area (TPSA) is 80.0 Å². The Balaban J connectivity index is 1.88. The van der Waals surface area contributed by atoms with Crippen LogP contribution in [-0.4, -0.2) is 22.3 Å². The first-order valence-corrected chi connectivity index (χ1v) is 7.63. The number of nitrogens with one attached hydrogen (secondary N) is 2. The number of hydrogen-bond acceptors (Lipinski definition) is 4. The molecule has 0 bridgehead atoms. The molecular weight excluding hydrogens is 280 g/mol. The molecule has 6 heteroatoms. The molecule has 22 heavy (non-hydrogen) atoms. The number of unbranched alkanes of at least 4 members (excludes halogenated alkanes) is 2. The maximum Gasteiger partial charge on any atom is 0.319 e. The molecule has 118 valence electrons. The van der Waals surface area contributed by atoms with Gasteiger partial charge in [-0.2, -0.15) is 0 Å². The zero-order chi connectivity index (χ0) is 15.8. The quantitative estimate of drug-likeness (QED) is 0.762. The molecule has 1 aromatic carbocycles. The number of anilines is 1. The SMILES string of the molecule is CCCCC[C@H](C)NC(=O)Nc1cccc(-c2nnco2)c1. The largest absolute Gasteiger partial charge is 0.423 e. The molecule has 6 nitrogen and oxygen atoms in total. The Morgan fingerprint density at radius 3 is 2.95 bits per heavy atom. The van der Waals surface area contributed by atoms with E-state index in [0.29, 0.717) is 11.6 Å². The third kappa shape index (κ3) is 4.87. The molecule has 0 saturated carbocycles. The molecule has 1 aromatic heterocycles.